The number of hydrogen-bond donors (Lipinski definition) is 2. The van der Waals surface area contributed by atoms with Crippen LogP contribution in [0.4, 0.5) is 10.2 Å². The number of anilines is 1. The molecule has 10 nitrogen and oxygen atoms in total. The molecule has 0 unspecified atom stereocenters. The van der Waals surface area contributed by atoms with Crippen LogP contribution in [0, 0.1) is 5.82 Å². The molecule has 0 atom stereocenters. The highest BCUT2D eigenvalue weighted by Crippen LogP contribution is 2.41. The van der Waals surface area contributed by atoms with E-state index in [0.717, 1.165) is 29.2 Å². The molecule has 3 aromatic rings. The van der Waals surface area contributed by atoms with Gasteiger partial charge in [0.05, 0.1) is 24.5 Å². The van der Waals surface area contributed by atoms with Crippen molar-refractivity contribution in [3.63, 3.8) is 0 Å². The Kier molecular flexibility index (Phi) is 6.24. The van der Waals surface area contributed by atoms with Crippen LogP contribution in [0.2, 0.25) is 0 Å². The van der Waals surface area contributed by atoms with E-state index in [9.17, 15) is 18.8 Å². The van der Waals surface area contributed by atoms with Gasteiger partial charge in [-0.15, -0.1) is 10.2 Å². The van der Waals surface area contributed by atoms with Gasteiger partial charge < -0.3 is 10.5 Å². The van der Waals surface area contributed by atoms with Crippen LogP contribution in [0.5, 0.6) is 0 Å². The molecular weight excluding hydrogens is 439 g/mol. The standard InChI is InChI=1S/C20H21FN6O4S/c1-31-9-8-26-16(22)15(18(29)23-19(26)30)14(28)10-32-20-25-24-17(27(20)11-6-7-11)12-4-2-3-5-13(12)21/h2-5,11H,6-10,22H2,1H3,(H,23,29,30). The lowest BCUT2D eigenvalue weighted by Crippen LogP contribution is -2.37. The Morgan fingerprint density at radius 3 is 2.75 bits per heavy atom. The number of nitrogens with zero attached hydrogens (tertiary/aromatic N) is 4. The minimum absolute atomic E-state index is 0.0907. The van der Waals surface area contributed by atoms with Gasteiger partial charge in [-0.3, -0.25) is 23.7 Å². The van der Waals surface area contributed by atoms with Gasteiger partial charge in [0.1, 0.15) is 17.2 Å². The first-order chi connectivity index (χ1) is 15.4. The number of aromatic nitrogens is 5. The second-order valence-corrected chi connectivity index (χ2v) is 8.21. The van der Waals surface area contributed by atoms with Crippen molar-refractivity contribution < 1.29 is 13.9 Å². The lowest BCUT2D eigenvalue weighted by Gasteiger charge is -2.12. The first-order valence-electron chi connectivity index (χ1n) is 9.89. The van der Waals surface area contributed by atoms with Gasteiger partial charge in [-0.1, -0.05) is 23.9 Å². The molecule has 1 saturated carbocycles. The minimum Gasteiger partial charge on any atom is -0.384 e. The van der Waals surface area contributed by atoms with Crippen LogP contribution in [0.25, 0.3) is 11.4 Å². The zero-order valence-electron chi connectivity index (χ0n) is 17.2. The van der Waals surface area contributed by atoms with Gasteiger partial charge in [0.25, 0.3) is 5.56 Å². The van der Waals surface area contributed by atoms with Crippen molar-refractivity contribution >= 4 is 23.4 Å². The summed E-state index contributed by atoms with van der Waals surface area (Å²) in [7, 11) is 1.46. The molecule has 0 aliphatic heterocycles. The van der Waals surface area contributed by atoms with Crippen LogP contribution < -0.4 is 17.0 Å². The van der Waals surface area contributed by atoms with Crippen molar-refractivity contribution in [2.75, 3.05) is 25.2 Å². The molecule has 4 rings (SSSR count). The number of methoxy groups -OCH3 is 1. The van der Waals surface area contributed by atoms with Gasteiger partial charge in [0.15, 0.2) is 16.8 Å². The van der Waals surface area contributed by atoms with E-state index in [1.54, 1.807) is 18.2 Å². The Morgan fingerprint density at radius 1 is 1.31 bits per heavy atom. The van der Waals surface area contributed by atoms with Gasteiger partial charge >= 0.3 is 5.69 Å². The van der Waals surface area contributed by atoms with Gasteiger partial charge in [-0.05, 0) is 25.0 Å². The molecule has 1 aliphatic carbocycles. The Bertz CT molecular complexity index is 1280. The number of ether oxygens (including phenoxy) is 1. The predicted octanol–water partition coefficient (Wildman–Crippen LogP) is 1.47. The summed E-state index contributed by atoms with van der Waals surface area (Å²) in [5.41, 5.74) is 4.44. The van der Waals surface area contributed by atoms with E-state index in [0.29, 0.717) is 16.5 Å². The number of nitrogens with one attached hydrogen (secondary N) is 1. The first kappa shape index (κ1) is 22.0. The van der Waals surface area contributed by atoms with Crippen molar-refractivity contribution in [3.8, 4) is 11.4 Å². The predicted molar refractivity (Wildman–Crippen MR) is 116 cm³/mol. The number of carbonyl (C=O) groups is 1. The zero-order chi connectivity index (χ0) is 22.8. The van der Waals surface area contributed by atoms with Crippen LogP contribution in [0.15, 0.2) is 39.0 Å². The maximum atomic E-state index is 14.3. The van der Waals surface area contributed by atoms with Crippen LogP contribution in [-0.4, -0.2) is 49.6 Å². The molecule has 32 heavy (non-hydrogen) atoms. The van der Waals surface area contributed by atoms with Gasteiger partial charge in [0.2, 0.25) is 0 Å². The number of nitrogen functional groups attached to an aromatic ring is 1. The van der Waals surface area contributed by atoms with Crippen molar-refractivity contribution in [2.45, 2.75) is 30.6 Å². The number of halogens is 1. The first-order valence-corrected chi connectivity index (χ1v) is 10.9. The Labute approximate surface area is 185 Å². The van der Waals surface area contributed by atoms with E-state index >= 15 is 0 Å². The van der Waals surface area contributed by atoms with Crippen molar-refractivity contribution in [2.24, 2.45) is 0 Å². The Morgan fingerprint density at radius 2 is 2.06 bits per heavy atom. The van der Waals surface area contributed by atoms with Crippen LogP contribution in [-0.2, 0) is 11.3 Å². The molecule has 168 valence electrons. The lowest BCUT2D eigenvalue weighted by molar-refractivity contribution is 0.102. The van der Waals surface area contributed by atoms with E-state index in [4.69, 9.17) is 10.5 Å². The Balaban J connectivity index is 1.60. The molecule has 2 aromatic heterocycles. The monoisotopic (exact) mass is 460 g/mol. The molecule has 1 fully saturated rings. The third kappa shape index (κ3) is 4.23. The molecular formula is C20H21FN6O4S. The SMILES string of the molecule is COCCn1c(N)c(C(=O)CSc2nnc(-c3ccccc3F)n2C2CC2)c(=O)[nH]c1=O. The van der Waals surface area contributed by atoms with Crippen molar-refractivity contribution in [1.29, 1.82) is 0 Å². The summed E-state index contributed by atoms with van der Waals surface area (Å²) in [6, 6.07) is 6.42. The quantitative estimate of drug-likeness (QED) is 0.362. The van der Waals surface area contributed by atoms with E-state index in [2.05, 4.69) is 15.2 Å². The average molecular weight is 460 g/mol. The zero-order valence-corrected chi connectivity index (χ0v) is 18.0. The number of benzene rings is 1. The highest BCUT2D eigenvalue weighted by atomic mass is 32.2. The summed E-state index contributed by atoms with van der Waals surface area (Å²) in [6.45, 7) is 0.273. The number of carbonyl (C=O) groups excluding carboxylic acids is 1. The summed E-state index contributed by atoms with van der Waals surface area (Å²) in [5, 5.41) is 8.73. The molecule has 12 heteroatoms. The number of rotatable bonds is 9. The fourth-order valence-electron chi connectivity index (χ4n) is 3.33. The summed E-state index contributed by atoms with van der Waals surface area (Å²) >= 11 is 1.08. The number of aromatic amines is 1. The minimum atomic E-state index is -0.845. The third-order valence-corrected chi connectivity index (χ3v) is 6.00. The average Bonchev–Trinajstić information content (AvgIpc) is 3.51. The molecule has 0 radical (unpaired) electrons. The highest BCUT2D eigenvalue weighted by molar-refractivity contribution is 7.99. The fourth-order valence-corrected chi connectivity index (χ4v) is 4.21. The molecule has 0 saturated heterocycles. The number of Topliss-reactive ketones (excluding diaryl/α,β-unsaturated/α-hetero) is 1. The lowest BCUT2D eigenvalue weighted by atomic mass is 10.2. The summed E-state index contributed by atoms with van der Waals surface area (Å²) in [5.74, 6) is -0.939. The molecule has 3 N–H and O–H groups in total. The molecule has 2 heterocycles. The van der Waals surface area contributed by atoms with Gasteiger partial charge in [-0.2, -0.15) is 0 Å². The second-order valence-electron chi connectivity index (χ2n) is 7.26. The summed E-state index contributed by atoms with van der Waals surface area (Å²) in [4.78, 5) is 39.2. The van der Waals surface area contributed by atoms with E-state index < -0.39 is 22.8 Å². The van der Waals surface area contributed by atoms with Crippen molar-refractivity contribution in [3.05, 3.63) is 56.5 Å². The van der Waals surface area contributed by atoms with E-state index in [1.165, 1.54) is 13.2 Å². The van der Waals surface area contributed by atoms with Gasteiger partial charge in [-0.25, -0.2) is 9.18 Å². The molecule has 0 bridgehead atoms. The number of H-pyrrole nitrogens is 1. The van der Waals surface area contributed by atoms with Gasteiger partial charge in [0, 0.05) is 13.2 Å². The second kappa shape index (κ2) is 9.09. The fraction of sp³-hybridized carbons (Fsp3) is 0.350. The maximum Gasteiger partial charge on any atom is 0.330 e. The number of hydrogen-bond acceptors (Lipinski definition) is 8. The smallest absolute Gasteiger partial charge is 0.330 e. The maximum absolute atomic E-state index is 14.3. The van der Waals surface area contributed by atoms with Crippen LogP contribution in [0.1, 0.15) is 29.2 Å². The summed E-state index contributed by atoms with van der Waals surface area (Å²) < 4.78 is 22.2. The topological polar surface area (TPSA) is 138 Å². The third-order valence-electron chi connectivity index (χ3n) is 5.06. The van der Waals surface area contributed by atoms with E-state index in [-0.39, 0.29) is 36.3 Å². The number of ketones is 1. The molecule has 1 aliphatic rings. The van der Waals surface area contributed by atoms with Crippen molar-refractivity contribution in [1.82, 2.24) is 24.3 Å². The van der Waals surface area contributed by atoms with Crippen LogP contribution >= 0.6 is 11.8 Å². The summed E-state index contributed by atoms with van der Waals surface area (Å²) in [6.07, 6.45) is 1.80. The molecule has 0 spiro atoms. The number of thioether (sulfide) groups is 1. The largest absolute Gasteiger partial charge is 0.384 e. The number of nitrogens with two attached hydrogens (primary N) is 1. The van der Waals surface area contributed by atoms with E-state index in [1.807, 2.05) is 4.57 Å². The molecule has 0 amide bonds. The highest BCUT2D eigenvalue weighted by Gasteiger charge is 2.31. The molecule has 1 aromatic carbocycles. The van der Waals surface area contributed by atoms with Crippen LogP contribution in [0.3, 0.4) is 0 Å². The normalized spacial score (nSPS) is 13.4. The Hall–Kier alpha value is -3.25.